The van der Waals surface area contributed by atoms with E-state index in [2.05, 4.69) is 54.8 Å². The monoisotopic (exact) mass is 1170 g/mol. The van der Waals surface area contributed by atoms with Gasteiger partial charge in [-0.1, -0.05) is 87.0 Å². The normalized spacial score (nSPS) is 15.6. The van der Waals surface area contributed by atoms with Crippen molar-refractivity contribution in [3.8, 4) is 5.75 Å². The molecule has 1 aliphatic heterocycles. The molecule has 0 radical (unpaired) electrons. The van der Waals surface area contributed by atoms with Crippen molar-refractivity contribution in [2.75, 3.05) is 40.8 Å². The Kier molecular flexibility index (Phi) is 30.2. The zero-order valence-corrected chi connectivity index (χ0v) is 53.2. The Morgan fingerprint density at radius 1 is 0.590 bits per heavy atom. The highest BCUT2D eigenvalue weighted by Gasteiger charge is 2.41. The number of hydrogen-bond acceptors (Lipinski definition) is 12. The third-order valence-corrected chi connectivity index (χ3v) is 14.3. The molecule has 22 nitrogen and oxygen atoms in total. The van der Waals surface area contributed by atoms with Crippen molar-refractivity contribution >= 4 is 59.1 Å². The number of rotatable bonds is 36. The number of unbranched alkanes of at least 4 members (excludes halogenated alkanes) is 5. The molecule has 22 heteroatoms. The van der Waals surface area contributed by atoms with Gasteiger partial charge in [-0.3, -0.25) is 47.9 Å². The third kappa shape index (κ3) is 25.6. The van der Waals surface area contributed by atoms with Crippen LogP contribution in [0.25, 0.3) is 0 Å². The second-order valence-electron chi connectivity index (χ2n) is 25.6. The molecule has 1 heterocycles. The second kappa shape index (κ2) is 34.5. The molecule has 1 aliphatic rings. The molecule has 9 N–H and O–H groups in total. The first kappa shape index (κ1) is 72.8. The van der Waals surface area contributed by atoms with Crippen molar-refractivity contribution < 1.29 is 52.7 Å². The molecular weight excluding hydrogens is 1060 g/mol. The topological polar surface area (TPSA) is 295 Å². The van der Waals surface area contributed by atoms with Gasteiger partial charge in [0.25, 0.3) is 5.91 Å². The number of nitrogens with zero attached hydrogens (tertiary/aromatic N) is 2. The zero-order valence-electron chi connectivity index (χ0n) is 53.2. The first-order chi connectivity index (χ1) is 38.6. The van der Waals surface area contributed by atoms with Gasteiger partial charge < -0.3 is 62.4 Å². The highest BCUT2D eigenvalue weighted by molar-refractivity contribution is 6.01. The molecule has 1 aromatic carbocycles. The lowest BCUT2D eigenvalue weighted by molar-refractivity contribution is -0.139. The minimum absolute atomic E-state index is 0.0271. The van der Waals surface area contributed by atoms with Gasteiger partial charge in [0.05, 0.1) is 7.11 Å². The number of likely N-dealkylation sites (N-methyl/N-ethyl adjacent to an activating group) is 1. The lowest BCUT2D eigenvalue weighted by atomic mass is 9.96. The van der Waals surface area contributed by atoms with E-state index in [9.17, 15) is 47.9 Å². The number of nitrogens with one attached hydrogen (secondary N) is 9. The third-order valence-electron chi connectivity index (χ3n) is 14.3. The van der Waals surface area contributed by atoms with Gasteiger partial charge in [-0.25, -0.2) is 0 Å². The smallest absolute Gasteiger partial charge is 0.254 e. The summed E-state index contributed by atoms with van der Waals surface area (Å²) in [4.78, 5) is 142. The fraction of sp³-hybridized carbons (Fsp3) is 0.738. The fourth-order valence-corrected chi connectivity index (χ4v) is 9.69. The minimum Gasteiger partial charge on any atom is -0.497 e. The lowest BCUT2D eigenvalue weighted by Crippen LogP contribution is -2.65. The Bertz CT molecular complexity index is 2320. The lowest BCUT2D eigenvalue weighted by Gasteiger charge is -2.34. The number of hydrogen-bond donors (Lipinski definition) is 9. The molecule has 6 atom stereocenters. The van der Waals surface area contributed by atoms with Crippen LogP contribution in [0.4, 0.5) is 0 Å². The van der Waals surface area contributed by atoms with Crippen molar-refractivity contribution in [1.82, 2.24) is 57.7 Å². The first-order valence-corrected chi connectivity index (χ1v) is 30.0. The molecule has 470 valence electrons. The Labute approximate surface area is 495 Å². The average molecular weight is 1170 g/mol. The van der Waals surface area contributed by atoms with E-state index in [0.29, 0.717) is 50.1 Å². The minimum atomic E-state index is -1.64. The Morgan fingerprint density at radius 2 is 1.07 bits per heavy atom. The summed E-state index contributed by atoms with van der Waals surface area (Å²) in [5.74, 6) is -5.32. The van der Waals surface area contributed by atoms with Crippen LogP contribution in [0.1, 0.15) is 191 Å². The molecule has 5 unspecified atom stereocenters. The Morgan fingerprint density at radius 3 is 1.58 bits per heavy atom. The van der Waals surface area contributed by atoms with Gasteiger partial charge in [0.1, 0.15) is 52.6 Å². The number of likely N-dealkylation sites (tertiary alicyclic amines) is 1. The number of carbonyl (C=O) groups excluding carboxylic acids is 10. The molecule has 1 saturated heterocycles. The average Bonchev–Trinajstić information content (AvgIpc) is 3.92. The maximum Gasteiger partial charge on any atom is 0.254 e. The summed E-state index contributed by atoms with van der Waals surface area (Å²) >= 11 is 0. The number of ether oxygens (including phenoxy) is 1. The van der Waals surface area contributed by atoms with E-state index in [1.807, 2.05) is 67.5 Å². The first-order valence-electron chi connectivity index (χ1n) is 30.0. The van der Waals surface area contributed by atoms with Crippen LogP contribution >= 0.6 is 0 Å². The molecule has 0 aromatic heterocycles. The maximum absolute atomic E-state index is 14.4. The van der Waals surface area contributed by atoms with E-state index in [-0.39, 0.29) is 67.8 Å². The van der Waals surface area contributed by atoms with Crippen LogP contribution in [-0.2, 0) is 43.2 Å². The highest BCUT2D eigenvalue weighted by Crippen LogP contribution is 2.23. The van der Waals surface area contributed by atoms with Gasteiger partial charge in [0.2, 0.25) is 53.2 Å². The van der Waals surface area contributed by atoms with E-state index in [1.165, 1.54) is 53.6 Å². The Balaban J connectivity index is 2.25. The van der Waals surface area contributed by atoms with Crippen LogP contribution in [0.15, 0.2) is 24.3 Å². The molecular formula is C61H105N11O11. The number of carbonyl (C=O) groups is 10. The van der Waals surface area contributed by atoms with Crippen molar-refractivity contribution in [3.05, 3.63) is 29.8 Å². The van der Waals surface area contributed by atoms with Crippen LogP contribution in [0, 0.1) is 17.8 Å². The van der Waals surface area contributed by atoms with E-state index in [4.69, 9.17) is 4.74 Å². The largest absolute Gasteiger partial charge is 0.497 e. The molecule has 2 rings (SSSR count). The predicted molar refractivity (Wildman–Crippen MR) is 322 cm³/mol. The van der Waals surface area contributed by atoms with E-state index < -0.39 is 94.1 Å². The zero-order chi connectivity index (χ0) is 63.0. The summed E-state index contributed by atoms with van der Waals surface area (Å²) in [6.45, 7) is 25.1. The standard InChI is InChI=1S/C61H105N11O11/c1-18-19-20-21-22-23-25-44(64-54(78)48-26-24-33-72(48)55(79)42-27-29-43(83-17)30-28-42)50(74)65-46(35-39(4)5)52(76)68-60(11,12)57(81)67-45(34-38(2)3)51(75)66-47(36-40(6)7)53(77)69-61(13,14)58(82)70-59(9,10)56(80)62-32-31-49(73)63-41(8)37-71(15)16/h27-30,38-41,44-48H,18-26,31-37H2,1-17H3,(H,62,80)(H,63,73)(H,64,78)(H,65,74)(H,66,75)(H,67,81)(H,68,76)(H,69,77)(H,70,82)/t41?,44?,45?,46?,47?,48-/m0/s1. The predicted octanol–water partition coefficient (Wildman–Crippen LogP) is 4.38. The molecule has 0 bridgehead atoms. The van der Waals surface area contributed by atoms with Gasteiger partial charge in [0, 0.05) is 37.7 Å². The Hall–Kier alpha value is -6.32. The summed E-state index contributed by atoms with van der Waals surface area (Å²) in [7, 11) is 5.33. The van der Waals surface area contributed by atoms with Gasteiger partial charge >= 0.3 is 0 Å². The number of methoxy groups -OCH3 is 1. The van der Waals surface area contributed by atoms with Crippen LogP contribution in [0.5, 0.6) is 5.75 Å². The summed E-state index contributed by atoms with van der Waals surface area (Å²) < 4.78 is 5.24. The van der Waals surface area contributed by atoms with Gasteiger partial charge in [-0.15, -0.1) is 0 Å². The number of benzene rings is 1. The molecule has 1 fully saturated rings. The van der Waals surface area contributed by atoms with E-state index in [1.54, 1.807) is 24.3 Å². The summed E-state index contributed by atoms with van der Waals surface area (Å²) in [5.41, 5.74) is -4.27. The van der Waals surface area contributed by atoms with Crippen LogP contribution in [-0.4, -0.2) is 163 Å². The summed E-state index contributed by atoms with van der Waals surface area (Å²) in [5, 5.41) is 25.2. The molecule has 83 heavy (non-hydrogen) atoms. The van der Waals surface area contributed by atoms with Crippen molar-refractivity contribution in [2.45, 2.75) is 233 Å². The number of amides is 10. The van der Waals surface area contributed by atoms with Crippen molar-refractivity contribution in [3.63, 3.8) is 0 Å². The summed E-state index contributed by atoms with van der Waals surface area (Å²) in [6, 6.07) is 1.24. The quantitative estimate of drug-likeness (QED) is 0.0423. The van der Waals surface area contributed by atoms with Gasteiger partial charge in [-0.2, -0.15) is 0 Å². The maximum atomic E-state index is 14.4. The van der Waals surface area contributed by atoms with Gasteiger partial charge in [-0.05, 0) is 143 Å². The molecule has 0 spiro atoms. The van der Waals surface area contributed by atoms with E-state index in [0.717, 1.165) is 32.1 Å². The van der Waals surface area contributed by atoms with Crippen LogP contribution in [0.3, 0.4) is 0 Å². The molecule has 1 aromatic rings. The van der Waals surface area contributed by atoms with Crippen molar-refractivity contribution in [2.24, 2.45) is 17.8 Å². The SMILES string of the molecule is CCCCCCCCC(NC(=O)[C@@H]1CCCN1C(=O)c1ccc(OC)cc1)C(=O)NC(CC(C)C)C(=O)NC(C)(C)C(=O)NC(CC(C)C)C(=O)NC(CC(C)C)C(=O)NC(C)(C)C(=O)NC(C)(C)C(=O)NCCC(=O)NC(C)CN(C)C. The fourth-order valence-electron chi connectivity index (χ4n) is 9.69. The van der Waals surface area contributed by atoms with Crippen LogP contribution < -0.4 is 52.6 Å². The van der Waals surface area contributed by atoms with Crippen molar-refractivity contribution in [1.29, 1.82) is 0 Å². The molecule has 0 saturated carbocycles. The highest BCUT2D eigenvalue weighted by atomic mass is 16.5. The summed E-state index contributed by atoms with van der Waals surface area (Å²) in [6.07, 6.45) is 7.41. The van der Waals surface area contributed by atoms with E-state index >= 15 is 0 Å². The molecule has 10 amide bonds. The molecule has 0 aliphatic carbocycles. The van der Waals surface area contributed by atoms with Crippen LogP contribution in [0.2, 0.25) is 0 Å². The van der Waals surface area contributed by atoms with Gasteiger partial charge in [0.15, 0.2) is 0 Å². The second-order valence-corrected chi connectivity index (χ2v) is 25.6.